The molecule has 1 heterocycles. The molecule has 4 nitrogen and oxygen atoms in total. The van der Waals surface area contributed by atoms with Gasteiger partial charge in [0.2, 0.25) is 0 Å². The molecular weight excluding hydrogens is 233 g/mol. The lowest BCUT2D eigenvalue weighted by Crippen LogP contribution is -2.41. The molecule has 1 saturated heterocycles. The Labute approximate surface area is 105 Å². The average molecular weight is 245 g/mol. The lowest BCUT2D eigenvalue weighted by atomic mass is 10.1. The number of nitriles is 2. The van der Waals surface area contributed by atoms with E-state index >= 15 is 0 Å². The van der Waals surface area contributed by atoms with E-state index < -0.39 is 6.10 Å². The van der Waals surface area contributed by atoms with Gasteiger partial charge in [0.25, 0.3) is 0 Å². The Morgan fingerprint density at radius 3 is 2.94 bits per heavy atom. The van der Waals surface area contributed by atoms with Gasteiger partial charge < -0.3 is 4.74 Å². The van der Waals surface area contributed by atoms with E-state index in [9.17, 15) is 4.39 Å². The van der Waals surface area contributed by atoms with Crippen LogP contribution in [-0.2, 0) is 11.3 Å². The molecule has 1 aromatic carbocycles. The second-order valence-electron chi connectivity index (χ2n) is 4.14. The van der Waals surface area contributed by atoms with E-state index in [2.05, 4.69) is 6.07 Å². The third-order valence-corrected chi connectivity index (χ3v) is 2.87. The molecule has 92 valence electrons. The Morgan fingerprint density at radius 2 is 2.28 bits per heavy atom. The van der Waals surface area contributed by atoms with Gasteiger partial charge in [-0.15, -0.1) is 0 Å². The maximum Gasteiger partial charge on any atom is 0.156 e. The van der Waals surface area contributed by atoms with Crippen LogP contribution in [0.25, 0.3) is 0 Å². The molecule has 18 heavy (non-hydrogen) atoms. The van der Waals surface area contributed by atoms with Gasteiger partial charge in [-0.3, -0.25) is 4.90 Å². The van der Waals surface area contributed by atoms with Gasteiger partial charge >= 0.3 is 0 Å². The topological polar surface area (TPSA) is 60.1 Å². The van der Waals surface area contributed by atoms with Crippen LogP contribution in [0.5, 0.6) is 0 Å². The van der Waals surface area contributed by atoms with Crippen LogP contribution in [0.4, 0.5) is 4.39 Å². The number of morpholine rings is 1. The van der Waals surface area contributed by atoms with E-state index in [-0.39, 0.29) is 5.82 Å². The van der Waals surface area contributed by atoms with E-state index in [0.717, 1.165) is 0 Å². The fourth-order valence-corrected chi connectivity index (χ4v) is 1.91. The summed E-state index contributed by atoms with van der Waals surface area (Å²) in [5.41, 5.74) is 0.848. The third-order valence-electron chi connectivity index (χ3n) is 2.87. The molecule has 0 N–H and O–H groups in total. The fourth-order valence-electron chi connectivity index (χ4n) is 1.91. The summed E-state index contributed by atoms with van der Waals surface area (Å²) in [5.74, 6) is -0.381. The van der Waals surface area contributed by atoms with E-state index in [0.29, 0.717) is 37.4 Å². The number of nitrogens with zero attached hydrogens (tertiary/aromatic N) is 3. The van der Waals surface area contributed by atoms with Crippen molar-refractivity contribution in [2.45, 2.75) is 12.6 Å². The predicted molar refractivity (Wildman–Crippen MR) is 61.7 cm³/mol. The number of halogens is 1. The van der Waals surface area contributed by atoms with Crippen molar-refractivity contribution in [2.24, 2.45) is 0 Å². The molecular formula is C13H12FN3O. The molecule has 0 spiro atoms. The minimum Gasteiger partial charge on any atom is -0.361 e. The van der Waals surface area contributed by atoms with Crippen LogP contribution in [0.2, 0.25) is 0 Å². The van der Waals surface area contributed by atoms with E-state index in [1.807, 2.05) is 11.0 Å². The highest BCUT2D eigenvalue weighted by molar-refractivity contribution is 5.32. The molecule has 1 unspecified atom stereocenters. The summed E-state index contributed by atoms with van der Waals surface area (Å²) in [7, 11) is 0. The Hall–Kier alpha value is -1.95. The van der Waals surface area contributed by atoms with Crippen molar-refractivity contribution in [1.82, 2.24) is 4.90 Å². The minimum absolute atomic E-state index is 0.313. The van der Waals surface area contributed by atoms with Crippen molar-refractivity contribution in [1.29, 1.82) is 10.5 Å². The zero-order valence-corrected chi connectivity index (χ0v) is 9.77. The molecule has 2 rings (SSSR count). The summed E-state index contributed by atoms with van der Waals surface area (Å²) in [5, 5.41) is 17.4. The van der Waals surface area contributed by atoms with Gasteiger partial charge in [0.15, 0.2) is 6.10 Å². The van der Waals surface area contributed by atoms with Crippen LogP contribution in [0.1, 0.15) is 11.1 Å². The fraction of sp³-hybridized carbons (Fsp3) is 0.385. The van der Waals surface area contributed by atoms with Gasteiger partial charge in [0.05, 0.1) is 24.3 Å². The number of benzene rings is 1. The minimum atomic E-state index is -0.444. The largest absolute Gasteiger partial charge is 0.361 e. The molecule has 0 bridgehead atoms. The Balaban J connectivity index is 2.06. The average Bonchev–Trinajstić information content (AvgIpc) is 2.41. The first-order chi connectivity index (χ1) is 8.72. The lowest BCUT2D eigenvalue weighted by Gasteiger charge is -2.29. The number of hydrogen-bond donors (Lipinski definition) is 0. The van der Waals surface area contributed by atoms with Gasteiger partial charge in [0, 0.05) is 25.2 Å². The monoisotopic (exact) mass is 245 g/mol. The molecule has 1 fully saturated rings. The Morgan fingerprint density at radius 1 is 1.44 bits per heavy atom. The summed E-state index contributed by atoms with van der Waals surface area (Å²) in [6.45, 7) is 2.07. The van der Waals surface area contributed by atoms with Crippen LogP contribution in [0, 0.1) is 28.5 Å². The molecule has 0 aliphatic carbocycles. The van der Waals surface area contributed by atoms with E-state index in [1.165, 1.54) is 6.07 Å². The van der Waals surface area contributed by atoms with E-state index in [1.54, 1.807) is 12.1 Å². The van der Waals surface area contributed by atoms with Crippen LogP contribution < -0.4 is 0 Å². The van der Waals surface area contributed by atoms with Crippen LogP contribution >= 0.6 is 0 Å². The summed E-state index contributed by atoms with van der Waals surface area (Å²) in [4.78, 5) is 1.97. The third kappa shape index (κ3) is 2.84. The van der Waals surface area contributed by atoms with Crippen LogP contribution in [-0.4, -0.2) is 30.7 Å². The summed E-state index contributed by atoms with van der Waals surface area (Å²) in [6.07, 6.45) is -0.444. The van der Waals surface area contributed by atoms with Gasteiger partial charge in [0.1, 0.15) is 5.82 Å². The van der Waals surface area contributed by atoms with Crippen molar-refractivity contribution < 1.29 is 9.13 Å². The molecule has 1 aliphatic rings. The number of ether oxygens (including phenoxy) is 1. The normalized spacial score (nSPS) is 20.1. The first-order valence-corrected chi connectivity index (χ1v) is 5.65. The van der Waals surface area contributed by atoms with Gasteiger partial charge in [-0.2, -0.15) is 10.5 Å². The number of hydrogen-bond acceptors (Lipinski definition) is 4. The zero-order chi connectivity index (χ0) is 13.0. The van der Waals surface area contributed by atoms with Gasteiger partial charge in [-0.05, 0) is 12.1 Å². The maximum absolute atomic E-state index is 13.7. The molecule has 0 aromatic heterocycles. The first-order valence-electron chi connectivity index (χ1n) is 5.65. The zero-order valence-electron chi connectivity index (χ0n) is 9.77. The maximum atomic E-state index is 13.7. The van der Waals surface area contributed by atoms with E-state index in [4.69, 9.17) is 15.3 Å². The summed E-state index contributed by atoms with van der Waals surface area (Å²) in [6, 6.07) is 8.40. The number of rotatable bonds is 2. The molecule has 5 heteroatoms. The van der Waals surface area contributed by atoms with Crippen molar-refractivity contribution >= 4 is 0 Å². The van der Waals surface area contributed by atoms with Crippen LogP contribution in [0.15, 0.2) is 18.2 Å². The molecule has 0 saturated carbocycles. The molecule has 1 atom stereocenters. The molecule has 1 aliphatic heterocycles. The van der Waals surface area contributed by atoms with Gasteiger partial charge in [-0.25, -0.2) is 4.39 Å². The van der Waals surface area contributed by atoms with Crippen molar-refractivity contribution in [3.63, 3.8) is 0 Å². The first kappa shape index (κ1) is 12.5. The highest BCUT2D eigenvalue weighted by Crippen LogP contribution is 2.14. The van der Waals surface area contributed by atoms with Crippen LogP contribution in [0.3, 0.4) is 0 Å². The molecule has 0 radical (unpaired) electrons. The quantitative estimate of drug-likeness (QED) is 0.790. The van der Waals surface area contributed by atoms with Crippen molar-refractivity contribution in [3.8, 4) is 12.1 Å². The lowest BCUT2D eigenvalue weighted by molar-refractivity contribution is -0.00304. The Bertz CT molecular complexity index is 518. The molecule has 1 aromatic rings. The standard InChI is InChI=1S/C13H12FN3O/c14-13-5-10(6-15)1-2-11(13)8-17-3-4-18-12(7-16)9-17/h1-2,5,12H,3-4,8-9H2. The predicted octanol–water partition coefficient (Wildman–Crippen LogP) is 1.42. The Kier molecular flexibility index (Phi) is 3.88. The van der Waals surface area contributed by atoms with Crippen molar-refractivity contribution in [2.75, 3.05) is 19.7 Å². The highest BCUT2D eigenvalue weighted by Gasteiger charge is 2.20. The second-order valence-corrected chi connectivity index (χ2v) is 4.14. The molecule has 0 amide bonds. The highest BCUT2D eigenvalue weighted by atomic mass is 19.1. The summed E-state index contributed by atoms with van der Waals surface area (Å²) < 4.78 is 18.9. The second kappa shape index (κ2) is 5.59. The van der Waals surface area contributed by atoms with Crippen molar-refractivity contribution in [3.05, 3.63) is 35.1 Å². The summed E-state index contributed by atoms with van der Waals surface area (Å²) >= 11 is 0. The SMILES string of the molecule is N#Cc1ccc(CN2CCOC(C#N)C2)c(F)c1. The smallest absolute Gasteiger partial charge is 0.156 e. The van der Waals surface area contributed by atoms with Gasteiger partial charge in [-0.1, -0.05) is 6.07 Å².